The summed E-state index contributed by atoms with van der Waals surface area (Å²) < 4.78 is 3.90. The largest absolute Gasteiger partial charge is 0.298 e. The number of aromatic nitrogens is 2. The van der Waals surface area contributed by atoms with Crippen LogP contribution < -0.4 is 0 Å². The van der Waals surface area contributed by atoms with Crippen LogP contribution in [-0.4, -0.2) is 15.6 Å². The van der Waals surface area contributed by atoms with E-state index in [4.69, 9.17) is 0 Å². The molecular weight excluding hydrogens is 184 g/mol. The number of hydrogen-bond acceptors (Lipinski definition) is 4. The molecule has 0 aliphatic carbocycles. The van der Waals surface area contributed by atoms with Crippen LogP contribution in [0.25, 0.3) is 10.6 Å². The highest BCUT2D eigenvalue weighted by molar-refractivity contribution is 7.09. The fourth-order valence-electron chi connectivity index (χ4n) is 1.05. The lowest BCUT2D eigenvalue weighted by molar-refractivity contribution is 0.112. The zero-order valence-corrected chi connectivity index (χ0v) is 7.49. The Bertz CT molecular complexity index is 411. The Morgan fingerprint density at radius 2 is 2.31 bits per heavy atom. The van der Waals surface area contributed by atoms with Gasteiger partial charge in [0.05, 0.1) is 0 Å². The smallest absolute Gasteiger partial charge is 0.150 e. The summed E-state index contributed by atoms with van der Waals surface area (Å²) in [4.78, 5) is 14.5. The molecule has 3 nitrogen and oxygen atoms in total. The third kappa shape index (κ3) is 1.62. The van der Waals surface area contributed by atoms with Crippen LogP contribution in [0.1, 0.15) is 10.4 Å². The molecule has 0 aliphatic rings. The van der Waals surface area contributed by atoms with Gasteiger partial charge >= 0.3 is 0 Å². The molecule has 0 radical (unpaired) electrons. The van der Waals surface area contributed by atoms with Gasteiger partial charge in [-0.25, -0.2) is 4.98 Å². The number of aldehydes is 1. The molecule has 0 aliphatic heterocycles. The monoisotopic (exact) mass is 190 g/mol. The highest BCUT2D eigenvalue weighted by atomic mass is 32.1. The summed E-state index contributed by atoms with van der Waals surface area (Å²) in [6.07, 6.45) is 2.33. The van der Waals surface area contributed by atoms with Gasteiger partial charge in [0, 0.05) is 11.1 Å². The van der Waals surface area contributed by atoms with E-state index < -0.39 is 0 Å². The molecule has 0 saturated heterocycles. The van der Waals surface area contributed by atoms with Crippen molar-refractivity contribution in [1.29, 1.82) is 0 Å². The zero-order chi connectivity index (χ0) is 9.10. The quantitative estimate of drug-likeness (QED) is 0.680. The van der Waals surface area contributed by atoms with E-state index >= 15 is 0 Å². The van der Waals surface area contributed by atoms with Gasteiger partial charge in [-0.2, -0.15) is 4.37 Å². The molecule has 1 aromatic carbocycles. The normalized spacial score (nSPS) is 9.85. The first kappa shape index (κ1) is 8.07. The number of carbonyl (C=O) groups is 1. The summed E-state index contributed by atoms with van der Waals surface area (Å²) in [5.41, 5.74) is 1.60. The lowest BCUT2D eigenvalue weighted by atomic mass is 10.1. The second kappa shape index (κ2) is 3.45. The summed E-state index contributed by atoms with van der Waals surface area (Å²) in [6, 6.07) is 7.30. The van der Waals surface area contributed by atoms with Crippen LogP contribution >= 0.6 is 11.5 Å². The van der Waals surface area contributed by atoms with Crippen LogP contribution in [0.15, 0.2) is 30.6 Å². The Kier molecular flexibility index (Phi) is 2.14. The molecule has 4 heteroatoms. The van der Waals surface area contributed by atoms with Crippen molar-refractivity contribution in [3.8, 4) is 10.6 Å². The first-order valence-corrected chi connectivity index (χ1v) is 4.50. The van der Waals surface area contributed by atoms with E-state index in [1.165, 1.54) is 17.9 Å². The number of hydrogen-bond donors (Lipinski definition) is 0. The average Bonchev–Trinajstić information content (AvgIpc) is 2.71. The summed E-state index contributed by atoms with van der Waals surface area (Å²) in [6.45, 7) is 0. The van der Waals surface area contributed by atoms with Gasteiger partial charge in [-0.3, -0.25) is 4.79 Å². The summed E-state index contributed by atoms with van der Waals surface area (Å²) >= 11 is 1.32. The van der Waals surface area contributed by atoms with Crippen molar-refractivity contribution in [2.24, 2.45) is 0 Å². The van der Waals surface area contributed by atoms with Gasteiger partial charge in [0.25, 0.3) is 0 Å². The molecule has 0 bridgehead atoms. The first-order chi connectivity index (χ1) is 6.40. The van der Waals surface area contributed by atoms with E-state index in [0.717, 1.165) is 16.9 Å². The molecule has 13 heavy (non-hydrogen) atoms. The van der Waals surface area contributed by atoms with E-state index in [2.05, 4.69) is 9.36 Å². The van der Waals surface area contributed by atoms with Crippen molar-refractivity contribution >= 4 is 17.8 Å². The maximum atomic E-state index is 10.5. The van der Waals surface area contributed by atoms with E-state index in [1.807, 2.05) is 12.1 Å². The highest BCUT2D eigenvalue weighted by Crippen LogP contribution is 2.19. The molecule has 0 unspecified atom stereocenters. The Morgan fingerprint density at radius 3 is 3.00 bits per heavy atom. The van der Waals surface area contributed by atoms with Crippen molar-refractivity contribution in [2.75, 3.05) is 0 Å². The number of rotatable bonds is 2. The SMILES string of the molecule is O=Cc1cccc(-c2ncns2)c1. The fraction of sp³-hybridized carbons (Fsp3) is 0. The van der Waals surface area contributed by atoms with Gasteiger partial charge in [0.1, 0.15) is 17.6 Å². The number of benzene rings is 1. The van der Waals surface area contributed by atoms with Crippen molar-refractivity contribution in [1.82, 2.24) is 9.36 Å². The van der Waals surface area contributed by atoms with E-state index in [1.54, 1.807) is 12.1 Å². The highest BCUT2D eigenvalue weighted by Gasteiger charge is 2.00. The minimum Gasteiger partial charge on any atom is -0.298 e. The van der Waals surface area contributed by atoms with Gasteiger partial charge in [-0.05, 0) is 17.6 Å². The summed E-state index contributed by atoms with van der Waals surface area (Å²) in [5, 5.41) is 0.837. The molecule has 1 aromatic heterocycles. The van der Waals surface area contributed by atoms with E-state index in [-0.39, 0.29) is 0 Å². The third-order valence-corrected chi connectivity index (χ3v) is 2.34. The summed E-state index contributed by atoms with van der Waals surface area (Å²) in [5.74, 6) is 0. The molecule has 64 valence electrons. The Morgan fingerprint density at radius 1 is 1.38 bits per heavy atom. The Hall–Kier alpha value is -1.55. The number of nitrogens with zero attached hydrogens (tertiary/aromatic N) is 2. The van der Waals surface area contributed by atoms with Crippen LogP contribution in [0.2, 0.25) is 0 Å². The summed E-state index contributed by atoms with van der Waals surface area (Å²) in [7, 11) is 0. The van der Waals surface area contributed by atoms with Gasteiger partial charge in [-0.15, -0.1) is 0 Å². The first-order valence-electron chi connectivity index (χ1n) is 3.72. The molecule has 0 saturated carbocycles. The van der Waals surface area contributed by atoms with Crippen LogP contribution in [0.5, 0.6) is 0 Å². The molecule has 2 aromatic rings. The minimum atomic E-state index is 0.660. The molecular formula is C9H6N2OS. The van der Waals surface area contributed by atoms with Gasteiger partial charge in [-0.1, -0.05) is 18.2 Å². The second-order valence-corrected chi connectivity index (χ2v) is 3.27. The lowest BCUT2D eigenvalue weighted by Crippen LogP contribution is -1.80. The fourth-order valence-corrected chi connectivity index (χ4v) is 1.57. The molecule has 0 fully saturated rings. The van der Waals surface area contributed by atoms with Crippen molar-refractivity contribution in [3.63, 3.8) is 0 Å². The predicted molar refractivity (Wildman–Crippen MR) is 50.7 cm³/mol. The van der Waals surface area contributed by atoms with Crippen LogP contribution in [-0.2, 0) is 0 Å². The van der Waals surface area contributed by atoms with Gasteiger partial charge in [0.15, 0.2) is 0 Å². The van der Waals surface area contributed by atoms with Crippen molar-refractivity contribution in [2.45, 2.75) is 0 Å². The van der Waals surface area contributed by atoms with E-state index in [0.29, 0.717) is 5.56 Å². The zero-order valence-electron chi connectivity index (χ0n) is 6.68. The predicted octanol–water partition coefficient (Wildman–Crippen LogP) is 2.02. The average molecular weight is 190 g/mol. The Labute approximate surface area is 79.2 Å². The van der Waals surface area contributed by atoms with Crippen molar-refractivity contribution < 1.29 is 4.79 Å². The van der Waals surface area contributed by atoms with Crippen molar-refractivity contribution in [3.05, 3.63) is 36.2 Å². The maximum Gasteiger partial charge on any atom is 0.150 e. The third-order valence-electron chi connectivity index (χ3n) is 1.63. The van der Waals surface area contributed by atoms with Crippen LogP contribution in [0, 0.1) is 0 Å². The lowest BCUT2D eigenvalue weighted by Gasteiger charge is -1.94. The second-order valence-electron chi connectivity index (χ2n) is 2.49. The molecule has 1 heterocycles. The van der Waals surface area contributed by atoms with Crippen LogP contribution in [0.3, 0.4) is 0 Å². The van der Waals surface area contributed by atoms with Gasteiger partial charge in [0.2, 0.25) is 0 Å². The molecule has 0 amide bonds. The molecule has 0 atom stereocenters. The van der Waals surface area contributed by atoms with Crippen LogP contribution in [0.4, 0.5) is 0 Å². The Balaban J connectivity index is 2.47. The topological polar surface area (TPSA) is 42.9 Å². The van der Waals surface area contributed by atoms with Gasteiger partial charge < -0.3 is 0 Å². The maximum absolute atomic E-state index is 10.5. The molecule has 0 N–H and O–H groups in total. The number of carbonyl (C=O) groups excluding carboxylic acids is 1. The molecule has 2 rings (SSSR count). The molecule has 0 spiro atoms. The minimum absolute atomic E-state index is 0.660. The standard InChI is InChI=1S/C9H6N2OS/c12-5-7-2-1-3-8(4-7)9-10-6-11-13-9/h1-6H. The van der Waals surface area contributed by atoms with E-state index in [9.17, 15) is 4.79 Å².